The van der Waals surface area contributed by atoms with Gasteiger partial charge in [-0.15, -0.1) is 0 Å². The van der Waals surface area contributed by atoms with Gasteiger partial charge in [-0.1, -0.05) is 48.0 Å². The number of carbonyl (C=O) groups is 1. The summed E-state index contributed by atoms with van der Waals surface area (Å²) in [7, 11) is 1.66. The topological polar surface area (TPSA) is 72.1 Å². The lowest BCUT2D eigenvalue weighted by Gasteiger charge is -2.41. The summed E-state index contributed by atoms with van der Waals surface area (Å²) in [6.45, 7) is 5.33. The van der Waals surface area contributed by atoms with Gasteiger partial charge in [0.25, 0.3) is 5.91 Å². The molecule has 2 N–H and O–H groups in total. The molecular formula is C37H42ClF2N3O4. The molecule has 3 aliphatic rings. The van der Waals surface area contributed by atoms with Crippen LogP contribution in [-0.2, 0) is 22.5 Å². The predicted molar refractivity (Wildman–Crippen MR) is 179 cm³/mol. The molecule has 7 nitrogen and oxygen atoms in total. The summed E-state index contributed by atoms with van der Waals surface area (Å²) in [4.78, 5) is 16.6. The van der Waals surface area contributed by atoms with Crippen molar-refractivity contribution in [2.45, 2.75) is 63.7 Å². The van der Waals surface area contributed by atoms with E-state index >= 15 is 0 Å². The van der Waals surface area contributed by atoms with Crippen molar-refractivity contribution in [1.82, 2.24) is 15.5 Å². The largest absolute Gasteiger partial charge is 0.491 e. The van der Waals surface area contributed by atoms with Gasteiger partial charge < -0.3 is 29.7 Å². The average molecular weight is 666 g/mol. The second-order valence-electron chi connectivity index (χ2n) is 12.5. The van der Waals surface area contributed by atoms with Crippen LogP contribution in [-0.4, -0.2) is 69.0 Å². The molecule has 1 saturated carbocycles. The van der Waals surface area contributed by atoms with Crippen molar-refractivity contribution in [3.05, 3.63) is 99.1 Å². The van der Waals surface area contributed by atoms with Crippen molar-refractivity contribution >= 4 is 23.1 Å². The first kappa shape index (κ1) is 33.4. The molecule has 3 aromatic rings. The van der Waals surface area contributed by atoms with Crippen LogP contribution < -0.4 is 20.1 Å². The fourth-order valence-electron chi connectivity index (χ4n) is 6.52. The number of piperazine rings is 1. The van der Waals surface area contributed by atoms with Crippen LogP contribution in [0.2, 0.25) is 5.02 Å². The van der Waals surface area contributed by atoms with Crippen LogP contribution in [0, 0.1) is 18.6 Å². The number of nitrogens with zero attached hydrogens (tertiary/aromatic N) is 1. The summed E-state index contributed by atoms with van der Waals surface area (Å²) in [6.07, 6.45) is 4.07. The van der Waals surface area contributed by atoms with Crippen molar-refractivity contribution in [3.63, 3.8) is 0 Å². The van der Waals surface area contributed by atoms with E-state index in [0.29, 0.717) is 39.1 Å². The Labute approximate surface area is 280 Å². The Bertz CT molecular complexity index is 1610. The molecular weight excluding hydrogens is 624 g/mol. The Morgan fingerprint density at radius 1 is 0.979 bits per heavy atom. The summed E-state index contributed by atoms with van der Waals surface area (Å²) in [5.74, 6) is -0.737. The maximum Gasteiger partial charge on any atom is 0.252 e. The lowest BCUT2D eigenvalue weighted by atomic mass is 9.83. The van der Waals surface area contributed by atoms with Crippen LogP contribution in [0.25, 0.3) is 5.57 Å². The van der Waals surface area contributed by atoms with Crippen molar-refractivity contribution in [2.75, 3.05) is 40.0 Å². The number of aryl methyl sites for hydroxylation is 1. The summed E-state index contributed by atoms with van der Waals surface area (Å²) in [6, 6.07) is 16.8. The van der Waals surface area contributed by atoms with Gasteiger partial charge in [0, 0.05) is 44.4 Å². The van der Waals surface area contributed by atoms with Gasteiger partial charge in [0.05, 0.1) is 19.3 Å². The van der Waals surface area contributed by atoms with Gasteiger partial charge in [-0.05, 0) is 85.1 Å². The highest BCUT2D eigenvalue weighted by molar-refractivity contribution is 6.32. The maximum absolute atomic E-state index is 14.6. The highest BCUT2D eigenvalue weighted by Gasteiger charge is 2.41. The van der Waals surface area contributed by atoms with E-state index in [4.69, 9.17) is 25.8 Å². The molecule has 0 aromatic heterocycles. The van der Waals surface area contributed by atoms with Gasteiger partial charge in [-0.25, -0.2) is 8.78 Å². The second kappa shape index (κ2) is 15.2. The lowest BCUT2D eigenvalue weighted by Crippen LogP contribution is -2.60. The van der Waals surface area contributed by atoms with Crippen LogP contribution in [0.4, 0.5) is 8.78 Å². The number of hydrogen-bond donors (Lipinski definition) is 2. The molecule has 0 spiro atoms. The summed E-state index contributed by atoms with van der Waals surface area (Å²) < 4.78 is 44.3. The highest BCUT2D eigenvalue weighted by Crippen LogP contribution is 2.37. The molecule has 2 fully saturated rings. The SMILES string of the molecule is COCCOc1cccc(CN(C(=O)C2=C(c3ccc(CCCOc4c(F)ccc(F)c4Cl)cc3)C[C@@H]3CNC[C@H]2N3)C2CC2)c1C. The third-order valence-electron chi connectivity index (χ3n) is 9.22. The molecule has 2 atom stereocenters. The molecule has 10 heteroatoms. The Balaban J connectivity index is 1.19. The minimum Gasteiger partial charge on any atom is -0.491 e. The fraction of sp³-hybridized carbons (Fsp3) is 0.432. The molecule has 2 aliphatic heterocycles. The zero-order chi connectivity index (χ0) is 32.9. The van der Waals surface area contributed by atoms with E-state index in [0.717, 1.165) is 77.1 Å². The number of fused-ring (bicyclic) bond motifs is 2. The van der Waals surface area contributed by atoms with Crippen LogP contribution in [0.1, 0.15) is 47.9 Å². The smallest absolute Gasteiger partial charge is 0.252 e. The molecule has 1 amide bonds. The van der Waals surface area contributed by atoms with Gasteiger partial charge in [-0.2, -0.15) is 0 Å². The van der Waals surface area contributed by atoms with Crippen LogP contribution >= 0.6 is 11.6 Å². The van der Waals surface area contributed by atoms with E-state index in [-0.39, 0.29) is 41.4 Å². The molecule has 0 unspecified atom stereocenters. The molecule has 1 aliphatic carbocycles. The number of ether oxygens (including phenoxy) is 3. The van der Waals surface area contributed by atoms with E-state index in [1.165, 1.54) is 0 Å². The first-order chi connectivity index (χ1) is 22.8. The second-order valence-corrected chi connectivity index (χ2v) is 12.9. The normalized spacial score (nSPS) is 19.1. The van der Waals surface area contributed by atoms with Crippen molar-refractivity contribution in [2.24, 2.45) is 0 Å². The van der Waals surface area contributed by atoms with Crippen LogP contribution in [0.15, 0.2) is 60.2 Å². The van der Waals surface area contributed by atoms with Crippen LogP contribution in [0.3, 0.4) is 0 Å². The molecule has 2 bridgehead atoms. The molecule has 2 heterocycles. The van der Waals surface area contributed by atoms with E-state index in [1.807, 2.05) is 12.1 Å². The number of benzene rings is 3. The lowest BCUT2D eigenvalue weighted by molar-refractivity contribution is -0.128. The van der Waals surface area contributed by atoms with Gasteiger partial charge >= 0.3 is 0 Å². The number of amides is 1. The van der Waals surface area contributed by atoms with Crippen molar-refractivity contribution in [3.8, 4) is 11.5 Å². The number of halogens is 3. The number of rotatable bonds is 14. The summed E-state index contributed by atoms with van der Waals surface area (Å²) in [5.41, 5.74) is 6.23. The molecule has 0 radical (unpaired) electrons. The zero-order valence-electron chi connectivity index (χ0n) is 26.9. The van der Waals surface area contributed by atoms with E-state index < -0.39 is 11.6 Å². The highest BCUT2D eigenvalue weighted by atomic mass is 35.5. The molecule has 6 rings (SSSR count). The van der Waals surface area contributed by atoms with Gasteiger partial charge in [0.15, 0.2) is 11.6 Å². The minimum absolute atomic E-state index is 0.0667. The summed E-state index contributed by atoms with van der Waals surface area (Å²) in [5, 5.41) is 6.89. The first-order valence-corrected chi connectivity index (χ1v) is 16.8. The fourth-order valence-corrected chi connectivity index (χ4v) is 6.72. The Hall–Kier alpha value is -3.50. The Kier molecular flexibility index (Phi) is 10.8. The molecule has 1 saturated heterocycles. The van der Waals surface area contributed by atoms with E-state index in [9.17, 15) is 13.6 Å². The van der Waals surface area contributed by atoms with Crippen LogP contribution in [0.5, 0.6) is 11.5 Å². The van der Waals surface area contributed by atoms with E-state index in [1.54, 1.807) is 7.11 Å². The summed E-state index contributed by atoms with van der Waals surface area (Å²) >= 11 is 5.88. The minimum atomic E-state index is -0.712. The molecule has 3 aromatic carbocycles. The zero-order valence-corrected chi connectivity index (χ0v) is 27.7. The third-order valence-corrected chi connectivity index (χ3v) is 9.57. The average Bonchev–Trinajstić information content (AvgIpc) is 3.92. The number of nitrogens with one attached hydrogen (secondary N) is 2. The first-order valence-electron chi connectivity index (χ1n) is 16.4. The third kappa shape index (κ3) is 7.81. The monoisotopic (exact) mass is 665 g/mol. The van der Waals surface area contributed by atoms with Gasteiger partial charge in [0.2, 0.25) is 0 Å². The van der Waals surface area contributed by atoms with Crippen molar-refractivity contribution in [1.29, 1.82) is 0 Å². The number of methoxy groups -OCH3 is 1. The van der Waals surface area contributed by atoms with E-state index in [2.05, 4.69) is 52.8 Å². The standard InChI is InChI=1S/C37H42ClF2N3O4/c1-23-26(6-3-7-33(23)46-18-17-45-2)22-43(28-12-13-28)37(44)34-29(19-27-20-41-21-32(34)42-27)25-10-8-24(9-11-25)5-4-16-47-36-31(40)15-14-30(39)35(36)38/h3,6-11,14-15,27-28,32,41-42H,4-5,12-13,16-22H2,1-2H3/t27-,32-/m1/s1. The quantitative estimate of drug-likeness (QED) is 0.157. The number of hydrogen-bond acceptors (Lipinski definition) is 6. The Morgan fingerprint density at radius 3 is 2.53 bits per heavy atom. The molecule has 47 heavy (non-hydrogen) atoms. The van der Waals surface area contributed by atoms with Gasteiger partial charge in [0.1, 0.15) is 23.2 Å². The van der Waals surface area contributed by atoms with Crippen molar-refractivity contribution < 1.29 is 27.8 Å². The molecule has 250 valence electrons. The Morgan fingerprint density at radius 2 is 1.77 bits per heavy atom. The number of carbonyl (C=O) groups excluding carboxylic acids is 1. The maximum atomic E-state index is 14.6. The predicted octanol–water partition coefficient (Wildman–Crippen LogP) is 6.24. The van der Waals surface area contributed by atoms with Gasteiger partial charge in [-0.3, -0.25) is 4.79 Å².